The Bertz CT molecular complexity index is 249. The molecule has 2 fully saturated rings. The summed E-state index contributed by atoms with van der Waals surface area (Å²) in [7, 11) is 0. The molecule has 0 amide bonds. The topological polar surface area (TPSA) is 24.5 Å². The molecule has 0 bridgehead atoms. The van der Waals surface area contributed by atoms with Crippen molar-refractivity contribution in [2.45, 2.75) is 65.0 Å². The number of likely N-dealkylation sites (tertiary alicyclic amines) is 1. The van der Waals surface area contributed by atoms with Crippen molar-refractivity contribution in [2.24, 2.45) is 5.41 Å². The molecule has 2 unspecified atom stereocenters. The molecule has 2 rings (SSSR count). The van der Waals surface area contributed by atoms with Crippen LogP contribution in [0, 0.1) is 5.41 Å². The van der Waals surface area contributed by atoms with Crippen LogP contribution >= 0.6 is 0 Å². The molecule has 0 aromatic rings. The summed E-state index contributed by atoms with van der Waals surface area (Å²) in [5.74, 6) is 0. The normalized spacial score (nSPS) is 30.2. The first-order valence-corrected chi connectivity index (χ1v) is 8.24. The molecule has 2 aliphatic heterocycles. The van der Waals surface area contributed by atoms with Gasteiger partial charge in [-0.15, -0.1) is 0 Å². The van der Waals surface area contributed by atoms with E-state index in [9.17, 15) is 0 Å². The number of rotatable bonds is 5. The van der Waals surface area contributed by atoms with Gasteiger partial charge >= 0.3 is 0 Å². The summed E-state index contributed by atoms with van der Waals surface area (Å²) >= 11 is 0. The zero-order valence-corrected chi connectivity index (χ0v) is 13.1. The van der Waals surface area contributed by atoms with Crippen LogP contribution < -0.4 is 5.32 Å². The summed E-state index contributed by atoms with van der Waals surface area (Å²) in [5.41, 5.74) is 0.641. The summed E-state index contributed by atoms with van der Waals surface area (Å²) < 4.78 is 5.56. The minimum atomic E-state index is 0.563. The van der Waals surface area contributed by atoms with Gasteiger partial charge in [0.2, 0.25) is 0 Å². The van der Waals surface area contributed by atoms with E-state index in [1.54, 1.807) is 0 Å². The molecule has 2 heterocycles. The van der Waals surface area contributed by atoms with Crippen molar-refractivity contribution in [3.63, 3.8) is 0 Å². The van der Waals surface area contributed by atoms with Crippen LogP contribution in [0.5, 0.6) is 0 Å². The first-order chi connectivity index (χ1) is 9.19. The largest absolute Gasteiger partial charge is 0.379 e. The van der Waals surface area contributed by atoms with Crippen molar-refractivity contribution in [3.8, 4) is 0 Å². The fraction of sp³-hybridized carbons (Fsp3) is 1.00. The highest BCUT2D eigenvalue weighted by Crippen LogP contribution is 2.38. The van der Waals surface area contributed by atoms with E-state index in [1.165, 1.54) is 45.2 Å². The summed E-state index contributed by atoms with van der Waals surface area (Å²) in [4.78, 5) is 2.69. The number of piperidine rings is 1. The van der Waals surface area contributed by atoms with E-state index in [0.29, 0.717) is 17.5 Å². The molecule has 19 heavy (non-hydrogen) atoms. The Balaban J connectivity index is 1.76. The SMILES string of the molecule is CCC1(CC)CCN(C(C)CC2COCCN2)CC1. The Morgan fingerprint density at radius 3 is 2.47 bits per heavy atom. The molecule has 3 heteroatoms. The van der Waals surface area contributed by atoms with E-state index in [4.69, 9.17) is 4.74 Å². The average Bonchev–Trinajstić information content (AvgIpc) is 2.48. The lowest BCUT2D eigenvalue weighted by molar-refractivity contribution is 0.0407. The van der Waals surface area contributed by atoms with E-state index >= 15 is 0 Å². The highest BCUT2D eigenvalue weighted by molar-refractivity contribution is 4.87. The van der Waals surface area contributed by atoms with Gasteiger partial charge in [0, 0.05) is 18.6 Å². The number of hydrogen-bond acceptors (Lipinski definition) is 3. The molecule has 2 aliphatic rings. The van der Waals surface area contributed by atoms with Gasteiger partial charge in [0.05, 0.1) is 13.2 Å². The van der Waals surface area contributed by atoms with Crippen molar-refractivity contribution >= 4 is 0 Å². The zero-order chi connectivity index (χ0) is 13.7. The second kappa shape index (κ2) is 7.05. The molecular weight excluding hydrogens is 236 g/mol. The van der Waals surface area contributed by atoms with E-state index < -0.39 is 0 Å². The Kier molecular flexibility index (Phi) is 5.67. The van der Waals surface area contributed by atoms with Crippen LogP contribution in [0.15, 0.2) is 0 Å². The van der Waals surface area contributed by atoms with Crippen LogP contribution in [-0.2, 0) is 4.74 Å². The third kappa shape index (κ3) is 3.93. The van der Waals surface area contributed by atoms with E-state index in [2.05, 4.69) is 31.0 Å². The van der Waals surface area contributed by atoms with Crippen molar-refractivity contribution in [1.29, 1.82) is 0 Å². The molecule has 0 saturated carbocycles. The Hall–Kier alpha value is -0.120. The van der Waals surface area contributed by atoms with Crippen LogP contribution in [0.25, 0.3) is 0 Å². The van der Waals surface area contributed by atoms with Gasteiger partial charge in [0.15, 0.2) is 0 Å². The molecule has 0 aromatic carbocycles. The van der Waals surface area contributed by atoms with Gasteiger partial charge in [-0.25, -0.2) is 0 Å². The number of ether oxygens (including phenoxy) is 1. The number of nitrogens with one attached hydrogen (secondary N) is 1. The molecule has 2 atom stereocenters. The van der Waals surface area contributed by atoms with Crippen LogP contribution in [-0.4, -0.2) is 49.8 Å². The second-order valence-corrected chi connectivity index (χ2v) is 6.55. The monoisotopic (exact) mass is 268 g/mol. The minimum Gasteiger partial charge on any atom is -0.379 e. The maximum atomic E-state index is 5.56. The molecule has 0 aromatic heterocycles. The van der Waals surface area contributed by atoms with Crippen LogP contribution in [0.2, 0.25) is 0 Å². The number of morpholine rings is 1. The van der Waals surface area contributed by atoms with Crippen LogP contribution in [0.4, 0.5) is 0 Å². The molecule has 2 saturated heterocycles. The highest BCUT2D eigenvalue weighted by Gasteiger charge is 2.33. The first kappa shape index (κ1) is 15.3. The minimum absolute atomic E-state index is 0.563. The first-order valence-electron chi connectivity index (χ1n) is 8.24. The summed E-state index contributed by atoms with van der Waals surface area (Å²) in [5, 5.41) is 3.58. The lowest BCUT2D eigenvalue weighted by Gasteiger charge is -2.44. The highest BCUT2D eigenvalue weighted by atomic mass is 16.5. The van der Waals surface area contributed by atoms with Crippen LogP contribution in [0.3, 0.4) is 0 Å². The van der Waals surface area contributed by atoms with E-state index in [0.717, 1.165) is 19.8 Å². The van der Waals surface area contributed by atoms with Gasteiger partial charge in [-0.1, -0.05) is 26.7 Å². The van der Waals surface area contributed by atoms with Gasteiger partial charge in [-0.3, -0.25) is 0 Å². The predicted octanol–water partition coefficient (Wildman–Crippen LogP) is 2.66. The fourth-order valence-corrected chi connectivity index (χ4v) is 3.73. The molecule has 0 radical (unpaired) electrons. The van der Waals surface area contributed by atoms with E-state index in [-0.39, 0.29) is 0 Å². The predicted molar refractivity (Wildman–Crippen MR) is 80.5 cm³/mol. The van der Waals surface area contributed by atoms with Gasteiger partial charge < -0.3 is 15.0 Å². The quantitative estimate of drug-likeness (QED) is 0.829. The lowest BCUT2D eigenvalue weighted by Crippen LogP contribution is -2.49. The van der Waals surface area contributed by atoms with E-state index in [1.807, 2.05) is 0 Å². The van der Waals surface area contributed by atoms with Gasteiger partial charge in [-0.2, -0.15) is 0 Å². The van der Waals surface area contributed by atoms with Crippen molar-refractivity contribution in [3.05, 3.63) is 0 Å². The lowest BCUT2D eigenvalue weighted by atomic mass is 9.74. The number of nitrogens with zero attached hydrogens (tertiary/aromatic N) is 1. The van der Waals surface area contributed by atoms with Gasteiger partial charge in [0.1, 0.15) is 0 Å². The van der Waals surface area contributed by atoms with Crippen LogP contribution in [0.1, 0.15) is 52.9 Å². The molecule has 0 aliphatic carbocycles. The van der Waals surface area contributed by atoms with Crippen molar-refractivity contribution in [1.82, 2.24) is 10.2 Å². The van der Waals surface area contributed by atoms with Gasteiger partial charge in [0.25, 0.3) is 0 Å². The van der Waals surface area contributed by atoms with Gasteiger partial charge in [-0.05, 0) is 44.7 Å². The summed E-state index contributed by atoms with van der Waals surface area (Å²) in [6, 6.07) is 1.25. The summed E-state index contributed by atoms with van der Waals surface area (Å²) in [6.45, 7) is 12.5. The third-order valence-corrected chi connectivity index (χ3v) is 5.61. The molecule has 3 nitrogen and oxygen atoms in total. The molecule has 1 N–H and O–H groups in total. The maximum absolute atomic E-state index is 5.56. The Labute approximate surface area is 119 Å². The zero-order valence-electron chi connectivity index (χ0n) is 13.1. The molecular formula is C16H32N2O. The second-order valence-electron chi connectivity index (χ2n) is 6.55. The van der Waals surface area contributed by atoms with Crippen molar-refractivity contribution in [2.75, 3.05) is 32.8 Å². The number of hydrogen-bond donors (Lipinski definition) is 1. The fourth-order valence-electron chi connectivity index (χ4n) is 3.73. The average molecular weight is 268 g/mol. The van der Waals surface area contributed by atoms with Crippen molar-refractivity contribution < 1.29 is 4.74 Å². The molecule has 0 spiro atoms. The summed E-state index contributed by atoms with van der Waals surface area (Å²) in [6.07, 6.45) is 6.70. The standard InChI is InChI=1S/C16H32N2O/c1-4-16(5-2)6-9-18(10-7-16)14(3)12-15-13-19-11-8-17-15/h14-15,17H,4-13H2,1-3H3. The third-order valence-electron chi connectivity index (χ3n) is 5.61. The molecule has 112 valence electrons. The maximum Gasteiger partial charge on any atom is 0.0620 e. The Morgan fingerprint density at radius 2 is 1.95 bits per heavy atom. The smallest absolute Gasteiger partial charge is 0.0620 e. The Morgan fingerprint density at radius 1 is 1.26 bits per heavy atom.